The van der Waals surface area contributed by atoms with Gasteiger partial charge in [-0.15, -0.1) is 11.6 Å². The van der Waals surface area contributed by atoms with Crippen LogP contribution >= 0.6 is 11.6 Å². The van der Waals surface area contributed by atoms with Gasteiger partial charge in [0.15, 0.2) is 23.3 Å². The summed E-state index contributed by atoms with van der Waals surface area (Å²) in [4.78, 5) is 14.7. The van der Waals surface area contributed by atoms with Gasteiger partial charge >= 0.3 is 0 Å². The summed E-state index contributed by atoms with van der Waals surface area (Å²) in [7, 11) is 1.59. The van der Waals surface area contributed by atoms with E-state index in [0.29, 0.717) is 30.4 Å². The van der Waals surface area contributed by atoms with Gasteiger partial charge in [-0.1, -0.05) is 12.1 Å². The number of rotatable bonds is 8. The summed E-state index contributed by atoms with van der Waals surface area (Å²) >= 11 is 5.85. The van der Waals surface area contributed by atoms with Crippen LogP contribution in [0.5, 0.6) is 5.75 Å². The fourth-order valence-electron chi connectivity index (χ4n) is 3.72. The smallest absolute Gasteiger partial charge is 0.210 e. The van der Waals surface area contributed by atoms with Crippen molar-refractivity contribution in [2.24, 2.45) is 4.99 Å². The maximum atomic E-state index is 13.9. The molecule has 0 N–H and O–H groups in total. The molecule has 184 valence electrons. The Morgan fingerprint density at radius 1 is 1.14 bits per heavy atom. The highest BCUT2D eigenvalue weighted by molar-refractivity contribution is 6.17. The zero-order valence-corrected chi connectivity index (χ0v) is 20.2. The van der Waals surface area contributed by atoms with E-state index >= 15 is 0 Å². The van der Waals surface area contributed by atoms with E-state index in [2.05, 4.69) is 9.98 Å². The van der Waals surface area contributed by atoms with E-state index in [1.165, 1.54) is 5.06 Å². The fourth-order valence-corrected chi connectivity index (χ4v) is 3.84. The van der Waals surface area contributed by atoms with Crippen LogP contribution in [0.25, 0.3) is 11.8 Å². The first-order valence-corrected chi connectivity index (χ1v) is 11.4. The minimum absolute atomic E-state index is 0.0508. The number of benzene rings is 2. The van der Waals surface area contributed by atoms with E-state index in [0.717, 1.165) is 29.1 Å². The maximum Gasteiger partial charge on any atom is 0.210 e. The molecular weight excluding hydrogens is 481 g/mol. The number of hydrogen-bond acceptors (Lipinski definition) is 5. The second kappa shape index (κ2) is 10.1. The van der Waals surface area contributed by atoms with Gasteiger partial charge in [0.05, 0.1) is 24.8 Å². The quantitative estimate of drug-likeness (QED) is 0.289. The van der Waals surface area contributed by atoms with Crippen LogP contribution in [0.3, 0.4) is 0 Å². The van der Waals surface area contributed by atoms with Gasteiger partial charge in [-0.3, -0.25) is 0 Å². The Balaban J connectivity index is 1.65. The molecule has 0 saturated carbocycles. The van der Waals surface area contributed by atoms with Crippen LogP contribution in [-0.4, -0.2) is 40.0 Å². The predicted molar refractivity (Wildman–Crippen MR) is 128 cm³/mol. The van der Waals surface area contributed by atoms with Crippen molar-refractivity contribution in [3.63, 3.8) is 0 Å². The molecule has 35 heavy (non-hydrogen) atoms. The Hall–Kier alpha value is -3.30. The third-order valence-electron chi connectivity index (χ3n) is 5.50. The van der Waals surface area contributed by atoms with Crippen LogP contribution < -0.4 is 4.74 Å². The summed E-state index contributed by atoms with van der Waals surface area (Å²) in [5.41, 5.74) is 1.16. The van der Waals surface area contributed by atoms with E-state index in [1.807, 2.05) is 42.0 Å². The molecule has 4 rings (SSSR count). The summed E-state index contributed by atoms with van der Waals surface area (Å²) in [6.45, 7) is 3.86. The van der Waals surface area contributed by atoms with Gasteiger partial charge in [0, 0.05) is 24.2 Å². The fraction of sp³-hybridized carbons (Fsp3) is 0.280. The predicted octanol–water partition coefficient (Wildman–Crippen LogP) is 5.77. The van der Waals surface area contributed by atoms with Gasteiger partial charge in [0.1, 0.15) is 5.75 Å². The van der Waals surface area contributed by atoms with Crippen LogP contribution in [0.2, 0.25) is 0 Å². The molecule has 0 fully saturated rings. The summed E-state index contributed by atoms with van der Waals surface area (Å²) in [5.74, 6) is -2.69. The third kappa shape index (κ3) is 5.21. The lowest BCUT2D eigenvalue weighted by Crippen LogP contribution is -2.31. The number of hydrogen-bond donors (Lipinski definition) is 0. The minimum atomic E-state index is -1.54. The molecule has 2 heterocycles. The number of aliphatic imine (C=N–C) groups is 1. The van der Waals surface area contributed by atoms with E-state index in [1.54, 1.807) is 26.4 Å². The molecule has 3 aromatic rings. The number of halogens is 4. The summed E-state index contributed by atoms with van der Waals surface area (Å²) in [6.07, 6.45) is 7.74. The Morgan fingerprint density at radius 3 is 2.51 bits per heavy atom. The second-order valence-electron chi connectivity index (χ2n) is 8.13. The van der Waals surface area contributed by atoms with Gasteiger partial charge < -0.3 is 9.30 Å². The summed E-state index contributed by atoms with van der Waals surface area (Å²) in [5, 5.41) is 1.51. The lowest BCUT2D eigenvalue weighted by molar-refractivity contribution is -0.176. The minimum Gasteiger partial charge on any atom is -0.495 e. The highest BCUT2D eigenvalue weighted by Gasteiger charge is 2.38. The van der Waals surface area contributed by atoms with Crippen molar-refractivity contribution in [1.29, 1.82) is 0 Å². The lowest BCUT2D eigenvalue weighted by Gasteiger charge is -2.24. The van der Waals surface area contributed by atoms with Gasteiger partial charge in [-0.2, -0.15) is 0 Å². The van der Waals surface area contributed by atoms with Crippen molar-refractivity contribution in [2.45, 2.75) is 26.0 Å². The van der Waals surface area contributed by atoms with Crippen molar-refractivity contribution in [3.05, 3.63) is 83.2 Å². The first-order valence-electron chi connectivity index (χ1n) is 10.9. The molecule has 0 spiro atoms. The zero-order valence-electron chi connectivity index (χ0n) is 19.4. The monoisotopic (exact) mass is 504 g/mol. The zero-order chi connectivity index (χ0) is 25.2. The van der Waals surface area contributed by atoms with E-state index in [4.69, 9.17) is 21.2 Å². The largest absolute Gasteiger partial charge is 0.495 e. The Bertz CT molecular complexity index is 1270. The molecule has 10 heteroatoms. The Morgan fingerprint density at radius 2 is 1.89 bits per heavy atom. The average molecular weight is 505 g/mol. The molecule has 1 unspecified atom stereocenters. The number of alkyl halides is 1. The van der Waals surface area contributed by atoms with Crippen LogP contribution in [0.15, 0.2) is 53.9 Å². The number of aromatic nitrogens is 2. The molecule has 0 aliphatic carbocycles. The number of aryl methyl sites for hydroxylation is 1. The molecule has 0 radical (unpaired) electrons. The molecule has 1 atom stereocenters. The van der Waals surface area contributed by atoms with Gasteiger partial charge in [-0.25, -0.2) is 33.0 Å². The van der Waals surface area contributed by atoms with Crippen LogP contribution in [-0.2, 0) is 10.6 Å². The maximum absolute atomic E-state index is 13.9. The van der Waals surface area contributed by atoms with Crippen molar-refractivity contribution >= 4 is 23.5 Å². The summed E-state index contributed by atoms with van der Waals surface area (Å²) in [6, 6.07) is 7.45. The summed E-state index contributed by atoms with van der Waals surface area (Å²) < 4.78 is 48.7. The molecule has 2 aromatic carbocycles. The number of imidazole rings is 1. The number of hydroxylamine groups is 2. The molecule has 6 nitrogen and oxygen atoms in total. The van der Waals surface area contributed by atoms with Crippen molar-refractivity contribution in [3.8, 4) is 11.4 Å². The van der Waals surface area contributed by atoms with Crippen LogP contribution in [0, 0.1) is 24.4 Å². The average Bonchev–Trinajstić information content (AvgIpc) is 3.42. The first kappa shape index (κ1) is 24.8. The third-order valence-corrected chi connectivity index (χ3v) is 5.77. The number of ether oxygens (including phenoxy) is 1. The topological polar surface area (TPSA) is 51.9 Å². The van der Waals surface area contributed by atoms with Crippen molar-refractivity contribution in [2.75, 3.05) is 19.5 Å². The molecule has 0 bridgehead atoms. The van der Waals surface area contributed by atoms with Crippen LogP contribution in [0.1, 0.15) is 30.2 Å². The van der Waals surface area contributed by atoms with Gasteiger partial charge in [0.25, 0.3) is 0 Å². The molecular formula is C25H24ClF3N4O2. The Kier molecular flexibility index (Phi) is 7.18. The van der Waals surface area contributed by atoms with Gasteiger partial charge in [-0.05, 0) is 56.2 Å². The lowest BCUT2D eigenvalue weighted by atomic mass is 10.0. The second-order valence-corrected chi connectivity index (χ2v) is 8.51. The van der Waals surface area contributed by atoms with Crippen molar-refractivity contribution in [1.82, 2.24) is 14.6 Å². The number of nitrogens with zero attached hydrogens (tertiary/aromatic N) is 4. The molecule has 1 aliphatic heterocycles. The SMILES string of the molecule is COc1cc(/C=C/C2=NC(C)(c3cc(F)c(F)c(F)c3)ON2CCCCl)ccc1-n1cnc(C)c1. The highest BCUT2D eigenvalue weighted by Crippen LogP contribution is 2.35. The van der Waals surface area contributed by atoms with E-state index < -0.39 is 23.2 Å². The molecule has 1 aromatic heterocycles. The Labute approximate surface area is 206 Å². The first-order chi connectivity index (χ1) is 16.7. The van der Waals surface area contributed by atoms with E-state index in [-0.39, 0.29) is 5.56 Å². The molecule has 0 saturated heterocycles. The van der Waals surface area contributed by atoms with E-state index in [9.17, 15) is 13.2 Å². The number of methoxy groups -OCH3 is 1. The molecule has 0 amide bonds. The van der Waals surface area contributed by atoms with Crippen molar-refractivity contribution < 1.29 is 22.7 Å². The normalized spacial score (nSPS) is 17.9. The standard InChI is InChI=1S/C25H24ClF3N4O2/c1-16-14-32(15-30-16)21-7-5-17(11-22(21)34-3)6-8-23-31-25(2,35-33(23)10-4-9-26)18-12-19(27)24(29)20(28)13-18/h5-8,11-15H,4,9-10H2,1-3H3/b8-6+. The highest BCUT2D eigenvalue weighted by atomic mass is 35.5. The van der Waals surface area contributed by atoms with Crippen LogP contribution in [0.4, 0.5) is 13.2 Å². The number of amidine groups is 1. The molecule has 1 aliphatic rings. The van der Waals surface area contributed by atoms with Gasteiger partial charge in [0.2, 0.25) is 5.72 Å².